The van der Waals surface area contributed by atoms with E-state index in [-0.39, 0.29) is 0 Å². The van der Waals surface area contributed by atoms with Crippen LogP contribution in [0.3, 0.4) is 0 Å². The molecule has 4 nitrogen and oxygen atoms in total. The van der Waals surface area contributed by atoms with Crippen LogP contribution in [-0.4, -0.2) is 27.6 Å². The van der Waals surface area contributed by atoms with Crippen LogP contribution >= 0.6 is 0 Å². The first-order valence-electron chi connectivity index (χ1n) is 8.36. The Morgan fingerprint density at radius 1 is 1.22 bits per heavy atom. The van der Waals surface area contributed by atoms with Crippen molar-refractivity contribution in [1.29, 1.82) is 0 Å². The minimum atomic E-state index is 0.683. The summed E-state index contributed by atoms with van der Waals surface area (Å²) in [5, 5.41) is 3.45. The average molecular weight is 306 g/mol. The zero-order valence-electron chi connectivity index (χ0n) is 13.5. The lowest BCUT2D eigenvalue weighted by Gasteiger charge is -2.13. The van der Waals surface area contributed by atoms with Crippen LogP contribution in [-0.2, 0) is 13.0 Å². The fourth-order valence-corrected chi connectivity index (χ4v) is 3.43. The van der Waals surface area contributed by atoms with Gasteiger partial charge in [0.05, 0.1) is 6.54 Å². The number of nitrogens with zero attached hydrogens (tertiary/aromatic N) is 3. The SMILES string of the molecule is Cc1ccccc1Cn1c(CC2CCNC2)nc2cccnc21. The molecule has 23 heavy (non-hydrogen) atoms. The number of nitrogens with one attached hydrogen (secondary N) is 1. The maximum atomic E-state index is 4.87. The van der Waals surface area contributed by atoms with E-state index in [1.807, 2.05) is 12.3 Å². The van der Waals surface area contributed by atoms with E-state index in [1.54, 1.807) is 0 Å². The molecule has 1 aromatic carbocycles. The van der Waals surface area contributed by atoms with Gasteiger partial charge >= 0.3 is 0 Å². The molecule has 0 aliphatic carbocycles. The Kier molecular flexibility index (Phi) is 3.83. The quantitative estimate of drug-likeness (QED) is 0.806. The van der Waals surface area contributed by atoms with Gasteiger partial charge in [-0.05, 0) is 55.6 Å². The van der Waals surface area contributed by atoms with Crippen LogP contribution in [0.25, 0.3) is 11.2 Å². The number of rotatable bonds is 4. The number of benzene rings is 1. The molecule has 1 N–H and O–H groups in total. The second-order valence-corrected chi connectivity index (χ2v) is 6.45. The molecule has 4 rings (SSSR count). The van der Waals surface area contributed by atoms with Crippen molar-refractivity contribution in [3.8, 4) is 0 Å². The predicted octanol–water partition coefficient (Wildman–Crippen LogP) is 2.94. The van der Waals surface area contributed by atoms with E-state index in [4.69, 9.17) is 4.98 Å². The Labute approximate surface area is 136 Å². The first-order chi connectivity index (χ1) is 11.3. The first kappa shape index (κ1) is 14.4. The van der Waals surface area contributed by atoms with Crippen molar-refractivity contribution >= 4 is 11.2 Å². The van der Waals surface area contributed by atoms with Crippen LogP contribution in [0.1, 0.15) is 23.4 Å². The summed E-state index contributed by atoms with van der Waals surface area (Å²) in [6.45, 7) is 5.24. The monoisotopic (exact) mass is 306 g/mol. The summed E-state index contributed by atoms with van der Waals surface area (Å²) >= 11 is 0. The Hall–Kier alpha value is -2.20. The summed E-state index contributed by atoms with van der Waals surface area (Å²) in [6, 6.07) is 12.6. The van der Waals surface area contributed by atoms with Gasteiger partial charge in [0.25, 0.3) is 0 Å². The Morgan fingerprint density at radius 3 is 2.96 bits per heavy atom. The van der Waals surface area contributed by atoms with E-state index in [0.717, 1.165) is 43.0 Å². The van der Waals surface area contributed by atoms with Gasteiger partial charge in [-0.25, -0.2) is 9.97 Å². The molecule has 0 radical (unpaired) electrons. The highest BCUT2D eigenvalue weighted by molar-refractivity contribution is 5.71. The van der Waals surface area contributed by atoms with Gasteiger partial charge in [-0.3, -0.25) is 0 Å². The zero-order valence-corrected chi connectivity index (χ0v) is 13.5. The van der Waals surface area contributed by atoms with Crippen molar-refractivity contribution in [3.63, 3.8) is 0 Å². The van der Waals surface area contributed by atoms with Crippen molar-refractivity contribution < 1.29 is 0 Å². The van der Waals surface area contributed by atoms with Crippen molar-refractivity contribution in [1.82, 2.24) is 19.9 Å². The standard InChI is InChI=1S/C19H22N4/c1-14-5-2-3-6-16(14)13-23-18(11-15-8-10-20-12-15)22-17-7-4-9-21-19(17)23/h2-7,9,15,20H,8,10-13H2,1H3. The molecule has 3 aromatic rings. The molecule has 1 unspecified atom stereocenters. The number of fused-ring (bicyclic) bond motifs is 1. The minimum Gasteiger partial charge on any atom is -0.316 e. The predicted molar refractivity (Wildman–Crippen MR) is 92.5 cm³/mol. The number of hydrogen-bond acceptors (Lipinski definition) is 3. The molecule has 0 saturated carbocycles. The summed E-state index contributed by atoms with van der Waals surface area (Å²) in [4.78, 5) is 9.46. The van der Waals surface area contributed by atoms with Gasteiger partial charge in [-0.2, -0.15) is 0 Å². The Bertz CT molecular complexity index is 815. The Morgan fingerprint density at radius 2 is 2.13 bits per heavy atom. The minimum absolute atomic E-state index is 0.683. The van der Waals surface area contributed by atoms with Crippen LogP contribution in [0.5, 0.6) is 0 Å². The van der Waals surface area contributed by atoms with Crippen LogP contribution in [0.15, 0.2) is 42.6 Å². The second kappa shape index (κ2) is 6.13. The van der Waals surface area contributed by atoms with Crippen molar-refractivity contribution in [2.75, 3.05) is 13.1 Å². The smallest absolute Gasteiger partial charge is 0.160 e. The van der Waals surface area contributed by atoms with Gasteiger partial charge in [0, 0.05) is 12.6 Å². The average Bonchev–Trinajstić information content (AvgIpc) is 3.19. The lowest BCUT2D eigenvalue weighted by molar-refractivity contribution is 0.545. The highest BCUT2D eigenvalue weighted by Crippen LogP contribution is 2.21. The molecule has 1 saturated heterocycles. The largest absolute Gasteiger partial charge is 0.316 e. The highest BCUT2D eigenvalue weighted by Gasteiger charge is 2.20. The first-order valence-corrected chi connectivity index (χ1v) is 8.36. The normalized spacial score (nSPS) is 17.9. The van der Waals surface area contributed by atoms with Crippen LogP contribution in [0.2, 0.25) is 0 Å². The number of aryl methyl sites for hydroxylation is 1. The summed E-state index contributed by atoms with van der Waals surface area (Å²) in [7, 11) is 0. The lowest BCUT2D eigenvalue weighted by Crippen LogP contribution is -2.14. The van der Waals surface area contributed by atoms with Gasteiger partial charge in [0.2, 0.25) is 0 Å². The van der Waals surface area contributed by atoms with Crippen LogP contribution in [0.4, 0.5) is 0 Å². The summed E-state index contributed by atoms with van der Waals surface area (Å²) in [5.74, 6) is 1.85. The zero-order chi connectivity index (χ0) is 15.6. The van der Waals surface area contributed by atoms with Crippen LogP contribution < -0.4 is 5.32 Å². The maximum absolute atomic E-state index is 4.87. The number of imidazole rings is 1. The van der Waals surface area contributed by atoms with Gasteiger partial charge in [-0.1, -0.05) is 24.3 Å². The summed E-state index contributed by atoms with van der Waals surface area (Å²) in [6.07, 6.45) is 4.12. The molecule has 118 valence electrons. The third-order valence-electron chi connectivity index (χ3n) is 4.81. The van der Waals surface area contributed by atoms with Gasteiger partial charge in [0.15, 0.2) is 5.65 Å². The molecule has 0 bridgehead atoms. The van der Waals surface area contributed by atoms with Gasteiger partial charge < -0.3 is 9.88 Å². The third-order valence-corrected chi connectivity index (χ3v) is 4.81. The molecule has 1 atom stereocenters. The van der Waals surface area contributed by atoms with Crippen LogP contribution in [0, 0.1) is 12.8 Å². The molecular weight excluding hydrogens is 284 g/mol. The molecule has 4 heteroatoms. The van der Waals surface area contributed by atoms with E-state index in [0.29, 0.717) is 5.92 Å². The molecule has 3 heterocycles. The maximum Gasteiger partial charge on any atom is 0.160 e. The van der Waals surface area contributed by atoms with Crippen molar-refractivity contribution in [2.45, 2.75) is 26.3 Å². The fraction of sp³-hybridized carbons (Fsp3) is 0.368. The summed E-state index contributed by atoms with van der Waals surface area (Å²) < 4.78 is 2.30. The molecule has 2 aromatic heterocycles. The third kappa shape index (κ3) is 2.86. The van der Waals surface area contributed by atoms with Crippen molar-refractivity contribution in [3.05, 3.63) is 59.5 Å². The number of hydrogen-bond donors (Lipinski definition) is 1. The van der Waals surface area contributed by atoms with E-state index in [2.05, 4.69) is 52.1 Å². The fourth-order valence-electron chi connectivity index (χ4n) is 3.43. The molecule has 1 aliphatic rings. The molecular formula is C19H22N4. The van der Waals surface area contributed by atoms with Gasteiger partial charge in [-0.15, -0.1) is 0 Å². The molecule has 1 fully saturated rings. The van der Waals surface area contributed by atoms with E-state index < -0.39 is 0 Å². The second-order valence-electron chi connectivity index (χ2n) is 6.45. The Balaban J connectivity index is 1.74. The molecule has 0 amide bonds. The highest BCUT2D eigenvalue weighted by atomic mass is 15.1. The summed E-state index contributed by atoms with van der Waals surface area (Å²) in [5.41, 5.74) is 4.65. The number of aromatic nitrogens is 3. The lowest BCUT2D eigenvalue weighted by atomic mass is 10.0. The molecule has 1 aliphatic heterocycles. The van der Waals surface area contributed by atoms with Gasteiger partial charge in [0.1, 0.15) is 11.3 Å². The van der Waals surface area contributed by atoms with Crippen molar-refractivity contribution in [2.24, 2.45) is 5.92 Å². The topological polar surface area (TPSA) is 42.7 Å². The van der Waals surface area contributed by atoms with E-state index in [1.165, 1.54) is 17.5 Å². The van der Waals surface area contributed by atoms with E-state index in [9.17, 15) is 0 Å². The van der Waals surface area contributed by atoms with E-state index >= 15 is 0 Å². The number of pyridine rings is 1. The molecule has 0 spiro atoms.